The number of fused-ring (bicyclic) bond motifs is 1. The van der Waals surface area contributed by atoms with Crippen LogP contribution in [0.4, 0.5) is 24.8 Å². The third kappa shape index (κ3) is 7.26. The standard InChI is InChI=1S/C22H25N7O3.C2HF3O2/c1-4-5-12-29-18-19(25-21(29)28-13-10-23-11-14-28)26-22(27(3)20(18)31)32-17-8-6-16(7-9-17)24-15(2)30;3-2(4,5)1(6)7/h6-9,23H,10-14H2,1-3H3,(H,24,30);(H,6,7). The number of piperazine rings is 1. The summed E-state index contributed by atoms with van der Waals surface area (Å²) in [6.45, 7) is 6.82. The molecule has 1 saturated heterocycles. The number of carbonyl (C=O) groups excluding carboxylic acids is 1. The first kappa shape index (κ1) is 29.0. The summed E-state index contributed by atoms with van der Waals surface area (Å²) in [6, 6.07) is 6.96. The lowest BCUT2D eigenvalue weighted by molar-refractivity contribution is -0.192. The fraction of sp³-hybridized carbons (Fsp3) is 0.375. The van der Waals surface area contributed by atoms with Crippen LogP contribution >= 0.6 is 0 Å². The molecule has 0 saturated carbocycles. The van der Waals surface area contributed by atoms with Gasteiger partial charge in [-0.15, -0.1) is 5.92 Å². The molecule has 12 nitrogen and oxygen atoms in total. The zero-order valence-electron chi connectivity index (χ0n) is 21.3. The zero-order valence-corrected chi connectivity index (χ0v) is 21.3. The van der Waals surface area contributed by atoms with Gasteiger partial charge in [0.25, 0.3) is 5.56 Å². The number of halogens is 3. The average molecular weight is 550 g/mol. The average Bonchev–Trinajstić information content (AvgIpc) is 3.25. The maximum Gasteiger partial charge on any atom is 0.490 e. The van der Waals surface area contributed by atoms with Crippen LogP contribution in [-0.2, 0) is 23.2 Å². The number of benzene rings is 1. The minimum absolute atomic E-state index is 0.132. The van der Waals surface area contributed by atoms with Gasteiger partial charge in [0.15, 0.2) is 11.2 Å². The molecule has 0 aliphatic carbocycles. The monoisotopic (exact) mass is 549 g/mol. The predicted octanol–water partition coefficient (Wildman–Crippen LogP) is 1.95. The molecule has 0 spiro atoms. The van der Waals surface area contributed by atoms with Crippen molar-refractivity contribution in [1.29, 1.82) is 0 Å². The fourth-order valence-electron chi connectivity index (χ4n) is 3.55. The molecule has 0 radical (unpaired) electrons. The van der Waals surface area contributed by atoms with Crippen molar-refractivity contribution < 1.29 is 32.6 Å². The van der Waals surface area contributed by atoms with Crippen molar-refractivity contribution in [3.63, 3.8) is 0 Å². The van der Waals surface area contributed by atoms with Gasteiger partial charge in [-0.1, -0.05) is 5.92 Å². The largest absolute Gasteiger partial charge is 0.490 e. The Labute approximate surface area is 220 Å². The topological polar surface area (TPSA) is 144 Å². The zero-order chi connectivity index (χ0) is 28.7. The van der Waals surface area contributed by atoms with Gasteiger partial charge in [-0.25, -0.2) is 4.79 Å². The number of rotatable bonds is 5. The Kier molecular flexibility index (Phi) is 9.15. The summed E-state index contributed by atoms with van der Waals surface area (Å²) < 4.78 is 40.8. The summed E-state index contributed by atoms with van der Waals surface area (Å²) in [4.78, 5) is 44.7. The van der Waals surface area contributed by atoms with Gasteiger partial charge in [0.05, 0.1) is 6.54 Å². The molecule has 1 aliphatic heterocycles. The van der Waals surface area contributed by atoms with Gasteiger partial charge in [0.1, 0.15) is 5.75 Å². The van der Waals surface area contributed by atoms with E-state index >= 15 is 0 Å². The molecule has 208 valence electrons. The molecule has 1 aromatic carbocycles. The molecule has 3 heterocycles. The number of ether oxygens (including phenoxy) is 1. The van der Waals surface area contributed by atoms with Gasteiger partial charge >= 0.3 is 18.2 Å². The highest BCUT2D eigenvalue weighted by Gasteiger charge is 2.38. The molecule has 0 unspecified atom stereocenters. The summed E-state index contributed by atoms with van der Waals surface area (Å²) >= 11 is 0. The van der Waals surface area contributed by atoms with E-state index in [4.69, 9.17) is 14.6 Å². The van der Waals surface area contributed by atoms with E-state index in [0.717, 1.165) is 26.2 Å². The highest BCUT2D eigenvalue weighted by atomic mass is 19.4. The quantitative estimate of drug-likeness (QED) is 0.407. The summed E-state index contributed by atoms with van der Waals surface area (Å²) in [5.41, 5.74) is 1.12. The molecule has 0 bridgehead atoms. The maximum absolute atomic E-state index is 13.3. The van der Waals surface area contributed by atoms with Gasteiger partial charge in [-0.05, 0) is 31.2 Å². The summed E-state index contributed by atoms with van der Waals surface area (Å²) in [5.74, 6) is 4.18. The van der Waals surface area contributed by atoms with E-state index in [1.165, 1.54) is 11.5 Å². The van der Waals surface area contributed by atoms with Gasteiger partial charge < -0.3 is 25.4 Å². The van der Waals surface area contributed by atoms with Gasteiger partial charge in [-0.3, -0.25) is 18.7 Å². The Morgan fingerprint density at radius 2 is 1.79 bits per heavy atom. The Morgan fingerprint density at radius 1 is 1.18 bits per heavy atom. The van der Waals surface area contributed by atoms with Crippen LogP contribution in [0.2, 0.25) is 0 Å². The number of carboxylic acid groups (broad SMARTS) is 1. The SMILES string of the molecule is CC#CCn1c(N2CCNCC2)nc2nc(Oc3ccc(NC(C)=O)cc3)n(C)c(=O)c21.O=C(O)C(F)(F)F. The van der Waals surface area contributed by atoms with Crippen LogP contribution in [0.25, 0.3) is 11.2 Å². The molecule has 1 amide bonds. The highest BCUT2D eigenvalue weighted by molar-refractivity contribution is 5.88. The number of carboxylic acids is 1. The first-order valence-corrected chi connectivity index (χ1v) is 11.6. The van der Waals surface area contributed by atoms with Gasteiger partial charge in [-0.2, -0.15) is 23.1 Å². The van der Waals surface area contributed by atoms with Gasteiger partial charge in [0, 0.05) is 45.8 Å². The van der Waals surface area contributed by atoms with Crippen LogP contribution in [0.1, 0.15) is 13.8 Å². The fourth-order valence-corrected chi connectivity index (χ4v) is 3.55. The molecular weight excluding hydrogens is 523 g/mol. The number of alkyl halides is 3. The lowest BCUT2D eigenvalue weighted by Gasteiger charge is -2.28. The molecule has 39 heavy (non-hydrogen) atoms. The number of hydrogen-bond donors (Lipinski definition) is 3. The number of anilines is 2. The number of aromatic nitrogens is 4. The maximum atomic E-state index is 13.3. The van der Waals surface area contributed by atoms with Gasteiger partial charge in [0.2, 0.25) is 11.9 Å². The van der Waals surface area contributed by atoms with Crippen LogP contribution in [-0.4, -0.2) is 68.4 Å². The predicted molar refractivity (Wildman–Crippen MR) is 136 cm³/mol. The number of carbonyl (C=O) groups is 2. The van der Waals surface area contributed by atoms with Crippen molar-refractivity contribution in [2.45, 2.75) is 26.6 Å². The van der Waals surface area contributed by atoms with E-state index in [1.54, 1.807) is 38.2 Å². The van der Waals surface area contributed by atoms with Crippen molar-refractivity contribution >= 4 is 34.7 Å². The molecular formula is C24H26F3N7O5. The number of nitrogens with zero attached hydrogens (tertiary/aromatic N) is 5. The van der Waals surface area contributed by atoms with Crippen LogP contribution in [0.15, 0.2) is 29.1 Å². The molecule has 15 heteroatoms. The van der Waals surface area contributed by atoms with Crippen LogP contribution < -0.4 is 25.8 Å². The summed E-state index contributed by atoms with van der Waals surface area (Å²) in [6.07, 6.45) is -5.08. The van der Waals surface area contributed by atoms with E-state index in [9.17, 15) is 22.8 Å². The first-order valence-electron chi connectivity index (χ1n) is 11.6. The third-order valence-corrected chi connectivity index (χ3v) is 5.36. The molecule has 0 atom stereocenters. The Morgan fingerprint density at radius 3 is 2.33 bits per heavy atom. The van der Waals surface area contributed by atoms with E-state index in [-0.39, 0.29) is 17.5 Å². The van der Waals surface area contributed by atoms with E-state index < -0.39 is 12.1 Å². The minimum atomic E-state index is -5.08. The molecule has 2 aromatic heterocycles. The van der Waals surface area contributed by atoms with Crippen molar-refractivity contribution in [3.8, 4) is 23.6 Å². The number of amides is 1. The minimum Gasteiger partial charge on any atom is -0.475 e. The molecule has 1 aliphatic rings. The number of hydrogen-bond acceptors (Lipinski definition) is 8. The third-order valence-electron chi connectivity index (χ3n) is 5.36. The second-order valence-corrected chi connectivity index (χ2v) is 8.20. The highest BCUT2D eigenvalue weighted by Crippen LogP contribution is 2.25. The lowest BCUT2D eigenvalue weighted by atomic mass is 10.3. The van der Waals surface area contributed by atoms with Crippen LogP contribution in [0.5, 0.6) is 11.8 Å². The van der Waals surface area contributed by atoms with Crippen LogP contribution in [0.3, 0.4) is 0 Å². The smallest absolute Gasteiger partial charge is 0.475 e. The molecule has 3 N–H and O–H groups in total. The Bertz CT molecular complexity index is 1460. The van der Waals surface area contributed by atoms with E-state index in [2.05, 4.69) is 37.3 Å². The Hall–Kier alpha value is -4.58. The second-order valence-electron chi connectivity index (χ2n) is 8.20. The van der Waals surface area contributed by atoms with E-state index in [0.29, 0.717) is 35.1 Å². The normalized spacial score (nSPS) is 13.1. The molecule has 4 rings (SSSR count). The van der Waals surface area contributed by atoms with Crippen LogP contribution in [0, 0.1) is 11.8 Å². The number of aliphatic carboxylic acids is 1. The Balaban J connectivity index is 0.000000532. The molecule has 1 fully saturated rings. The number of nitrogens with one attached hydrogen (secondary N) is 2. The summed E-state index contributed by atoms with van der Waals surface area (Å²) in [7, 11) is 1.61. The van der Waals surface area contributed by atoms with Crippen molar-refractivity contribution in [1.82, 2.24) is 24.4 Å². The molecule has 3 aromatic rings. The second kappa shape index (κ2) is 12.3. The van der Waals surface area contributed by atoms with Crippen molar-refractivity contribution in [2.75, 3.05) is 36.4 Å². The lowest BCUT2D eigenvalue weighted by Crippen LogP contribution is -2.44. The van der Waals surface area contributed by atoms with Crippen molar-refractivity contribution in [3.05, 3.63) is 34.6 Å². The number of imidazole rings is 1. The van der Waals surface area contributed by atoms with E-state index in [1.807, 2.05) is 4.57 Å². The summed E-state index contributed by atoms with van der Waals surface area (Å²) in [5, 5.41) is 13.1. The first-order chi connectivity index (χ1) is 18.4. The van der Waals surface area contributed by atoms with Crippen molar-refractivity contribution in [2.24, 2.45) is 7.05 Å².